The van der Waals surface area contributed by atoms with Gasteiger partial charge in [-0.3, -0.25) is 4.79 Å². The van der Waals surface area contributed by atoms with E-state index in [0.717, 1.165) is 30.6 Å². The molecule has 3 aromatic rings. The van der Waals surface area contributed by atoms with Crippen molar-refractivity contribution in [1.29, 1.82) is 0 Å². The van der Waals surface area contributed by atoms with Crippen molar-refractivity contribution in [2.45, 2.75) is 45.3 Å². The minimum absolute atomic E-state index is 0.0374. The van der Waals surface area contributed by atoms with Gasteiger partial charge in [-0.2, -0.15) is 5.10 Å². The van der Waals surface area contributed by atoms with Gasteiger partial charge in [-0.1, -0.05) is 29.8 Å². The van der Waals surface area contributed by atoms with Gasteiger partial charge in [-0.25, -0.2) is 18.1 Å². The highest BCUT2D eigenvalue weighted by Crippen LogP contribution is 2.32. The summed E-state index contributed by atoms with van der Waals surface area (Å²) in [5.74, 6) is -0.0158. The van der Waals surface area contributed by atoms with Crippen LogP contribution in [-0.4, -0.2) is 59.9 Å². The number of amides is 1. The Balaban J connectivity index is 1.60. The van der Waals surface area contributed by atoms with Crippen LogP contribution in [0.15, 0.2) is 30.3 Å². The SMILES string of the molecule is Cc1ccc(-c2cc(C(=O)NCC3CCCO3)c3c(C)nn(C4CCS(=O)(=O)C4)c3n2)cc1. The molecule has 2 aliphatic rings. The van der Waals surface area contributed by atoms with Crippen LogP contribution >= 0.6 is 0 Å². The number of pyridine rings is 1. The van der Waals surface area contributed by atoms with E-state index in [9.17, 15) is 13.2 Å². The second-order valence-corrected chi connectivity index (χ2v) is 11.3. The Hall–Kier alpha value is -2.78. The van der Waals surface area contributed by atoms with Crippen molar-refractivity contribution in [2.24, 2.45) is 0 Å². The smallest absolute Gasteiger partial charge is 0.252 e. The van der Waals surface area contributed by atoms with Crippen LogP contribution in [0.1, 0.15) is 46.9 Å². The number of hydrogen-bond donors (Lipinski definition) is 1. The number of rotatable bonds is 5. The molecule has 0 bridgehead atoms. The van der Waals surface area contributed by atoms with Crippen molar-refractivity contribution in [3.63, 3.8) is 0 Å². The van der Waals surface area contributed by atoms with E-state index in [2.05, 4.69) is 10.4 Å². The number of carbonyl (C=O) groups excluding carboxylic acids is 1. The van der Waals surface area contributed by atoms with E-state index >= 15 is 0 Å². The minimum atomic E-state index is -3.10. The van der Waals surface area contributed by atoms with E-state index in [1.54, 1.807) is 4.68 Å². The van der Waals surface area contributed by atoms with Crippen molar-refractivity contribution < 1.29 is 17.9 Å². The minimum Gasteiger partial charge on any atom is -0.376 e. The molecule has 0 radical (unpaired) electrons. The van der Waals surface area contributed by atoms with Crippen LogP contribution in [-0.2, 0) is 14.6 Å². The third-order valence-electron chi connectivity index (χ3n) is 6.50. The van der Waals surface area contributed by atoms with E-state index in [4.69, 9.17) is 9.72 Å². The lowest BCUT2D eigenvalue weighted by Crippen LogP contribution is -2.32. The Bertz CT molecular complexity index is 1310. The molecule has 0 saturated carbocycles. The number of hydrogen-bond acceptors (Lipinski definition) is 6. The predicted molar refractivity (Wildman–Crippen MR) is 126 cm³/mol. The number of aromatic nitrogens is 3. The first kappa shape index (κ1) is 22.0. The fourth-order valence-corrected chi connectivity index (χ4v) is 6.39. The first-order chi connectivity index (χ1) is 15.8. The van der Waals surface area contributed by atoms with Gasteiger partial charge in [0.05, 0.1) is 46.0 Å². The molecule has 5 rings (SSSR count). The first-order valence-corrected chi connectivity index (χ1v) is 13.2. The molecule has 1 N–H and O–H groups in total. The van der Waals surface area contributed by atoms with Gasteiger partial charge in [-0.15, -0.1) is 0 Å². The number of benzene rings is 1. The van der Waals surface area contributed by atoms with Crippen LogP contribution in [0.2, 0.25) is 0 Å². The number of nitrogens with zero attached hydrogens (tertiary/aromatic N) is 3. The van der Waals surface area contributed by atoms with Crippen LogP contribution in [0.25, 0.3) is 22.3 Å². The topological polar surface area (TPSA) is 103 Å². The number of sulfone groups is 1. The van der Waals surface area contributed by atoms with Crippen LogP contribution < -0.4 is 5.32 Å². The molecule has 174 valence electrons. The summed E-state index contributed by atoms with van der Waals surface area (Å²) in [5.41, 5.74) is 4.39. The normalized spacial score (nSPS) is 22.1. The first-order valence-electron chi connectivity index (χ1n) is 11.4. The van der Waals surface area contributed by atoms with Crippen LogP contribution in [0.5, 0.6) is 0 Å². The molecule has 2 aromatic heterocycles. The highest BCUT2D eigenvalue weighted by atomic mass is 32.2. The molecular formula is C24H28N4O4S. The zero-order valence-electron chi connectivity index (χ0n) is 18.9. The molecule has 33 heavy (non-hydrogen) atoms. The van der Waals surface area contributed by atoms with Gasteiger partial charge in [0.2, 0.25) is 0 Å². The molecule has 4 heterocycles. The maximum Gasteiger partial charge on any atom is 0.252 e. The van der Waals surface area contributed by atoms with E-state index < -0.39 is 9.84 Å². The zero-order chi connectivity index (χ0) is 23.2. The molecule has 2 atom stereocenters. The molecule has 9 heteroatoms. The Morgan fingerprint density at radius 3 is 2.67 bits per heavy atom. The molecule has 0 spiro atoms. The maximum atomic E-state index is 13.3. The molecule has 2 unspecified atom stereocenters. The van der Waals surface area contributed by atoms with Gasteiger partial charge >= 0.3 is 0 Å². The van der Waals surface area contributed by atoms with E-state index in [1.807, 2.05) is 44.2 Å². The number of carbonyl (C=O) groups is 1. The average molecular weight is 469 g/mol. The molecule has 0 aliphatic carbocycles. The average Bonchev–Trinajstić information content (AvgIpc) is 3.51. The van der Waals surface area contributed by atoms with Crippen molar-refractivity contribution in [3.8, 4) is 11.3 Å². The Kier molecular flexibility index (Phi) is 5.70. The summed E-state index contributed by atoms with van der Waals surface area (Å²) < 4.78 is 31.6. The van der Waals surface area contributed by atoms with Crippen molar-refractivity contribution in [3.05, 3.63) is 47.2 Å². The van der Waals surface area contributed by atoms with Gasteiger partial charge in [0, 0.05) is 18.7 Å². The summed E-state index contributed by atoms with van der Waals surface area (Å²) in [6.07, 6.45) is 2.48. The highest BCUT2D eigenvalue weighted by Gasteiger charge is 2.32. The summed E-state index contributed by atoms with van der Waals surface area (Å²) in [6, 6.07) is 9.49. The Morgan fingerprint density at radius 1 is 1.21 bits per heavy atom. The van der Waals surface area contributed by atoms with Crippen LogP contribution in [0.4, 0.5) is 0 Å². The third-order valence-corrected chi connectivity index (χ3v) is 8.25. The second-order valence-electron chi connectivity index (χ2n) is 9.05. The summed E-state index contributed by atoms with van der Waals surface area (Å²) in [5, 5.41) is 8.33. The quantitative estimate of drug-likeness (QED) is 0.618. The number of fused-ring (bicyclic) bond motifs is 1. The van der Waals surface area contributed by atoms with Gasteiger partial charge in [0.25, 0.3) is 5.91 Å². The van der Waals surface area contributed by atoms with E-state index in [0.29, 0.717) is 41.0 Å². The molecule has 8 nitrogen and oxygen atoms in total. The standard InChI is InChI=1S/C24H28N4O4S/c1-15-5-7-17(8-6-15)21-12-20(24(29)25-13-19-4-3-10-32-19)22-16(2)27-28(23(22)26-21)18-9-11-33(30,31)14-18/h5-8,12,18-19H,3-4,9-11,13-14H2,1-2H3,(H,25,29). The van der Waals surface area contributed by atoms with Gasteiger partial charge < -0.3 is 10.1 Å². The largest absolute Gasteiger partial charge is 0.376 e. The number of aryl methyl sites for hydroxylation is 2. The van der Waals surface area contributed by atoms with Gasteiger partial charge in [0.1, 0.15) is 0 Å². The molecule has 2 fully saturated rings. The van der Waals surface area contributed by atoms with Crippen molar-refractivity contribution in [1.82, 2.24) is 20.1 Å². The maximum absolute atomic E-state index is 13.3. The summed E-state index contributed by atoms with van der Waals surface area (Å²) >= 11 is 0. The molecule has 1 amide bonds. The molecular weight excluding hydrogens is 440 g/mol. The summed E-state index contributed by atoms with van der Waals surface area (Å²) in [4.78, 5) is 18.2. The molecule has 1 aromatic carbocycles. The lowest BCUT2D eigenvalue weighted by atomic mass is 10.0. The monoisotopic (exact) mass is 468 g/mol. The van der Waals surface area contributed by atoms with Crippen LogP contribution in [0.3, 0.4) is 0 Å². The Morgan fingerprint density at radius 2 is 2.00 bits per heavy atom. The Labute approximate surface area is 193 Å². The predicted octanol–water partition coefficient (Wildman–Crippen LogP) is 2.98. The third kappa shape index (κ3) is 4.39. The lowest BCUT2D eigenvalue weighted by molar-refractivity contribution is 0.0859. The second kappa shape index (κ2) is 8.53. The van der Waals surface area contributed by atoms with Crippen molar-refractivity contribution >= 4 is 26.8 Å². The fraction of sp³-hybridized carbons (Fsp3) is 0.458. The van der Waals surface area contributed by atoms with Crippen molar-refractivity contribution in [2.75, 3.05) is 24.7 Å². The fourth-order valence-electron chi connectivity index (χ4n) is 4.69. The summed E-state index contributed by atoms with van der Waals surface area (Å²) in [7, 11) is -3.10. The molecule has 2 aliphatic heterocycles. The molecule has 2 saturated heterocycles. The van der Waals surface area contributed by atoms with Gasteiger partial charge in [-0.05, 0) is 39.2 Å². The van der Waals surface area contributed by atoms with E-state index in [-0.39, 0.29) is 29.6 Å². The number of nitrogens with one attached hydrogen (secondary N) is 1. The highest BCUT2D eigenvalue weighted by molar-refractivity contribution is 7.91. The summed E-state index contributed by atoms with van der Waals surface area (Å²) in [6.45, 7) is 5.04. The van der Waals surface area contributed by atoms with E-state index in [1.165, 1.54) is 0 Å². The lowest BCUT2D eigenvalue weighted by Gasteiger charge is -2.14. The zero-order valence-corrected chi connectivity index (χ0v) is 19.7. The van der Waals surface area contributed by atoms with Gasteiger partial charge in [0.15, 0.2) is 15.5 Å². The number of ether oxygens (including phenoxy) is 1. The van der Waals surface area contributed by atoms with Crippen LogP contribution in [0, 0.1) is 13.8 Å².